The first kappa shape index (κ1) is 38.2. The van der Waals surface area contributed by atoms with Crippen molar-refractivity contribution in [3.63, 3.8) is 0 Å². The summed E-state index contributed by atoms with van der Waals surface area (Å²) in [7, 11) is 0. The summed E-state index contributed by atoms with van der Waals surface area (Å²) in [5.74, 6) is 0. The first-order valence-corrected chi connectivity index (χ1v) is 1.10. The molecule has 0 unspecified atom stereocenters. The van der Waals surface area contributed by atoms with Gasteiger partial charge in [-0.2, -0.15) is 0 Å². The summed E-state index contributed by atoms with van der Waals surface area (Å²) in [5, 5.41) is 29.5. The Morgan fingerprint density at radius 2 is 0.750 bits per heavy atom. The van der Waals surface area contributed by atoms with Crippen LogP contribution in [-0.2, 0) is 0 Å². The van der Waals surface area contributed by atoms with Crippen molar-refractivity contribution in [3.05, 3.63) is 30.6 Å². The number of hydrogen-bond donors (Lipinski definition) is 0. The quantitative estimate of drug-likeness (QED) is 0.241. The van der Waals surface area contributed by atoms with Crippen molar-refractivity contribution in [1.82, 2.24) is 0 Å². The first-order chi connectivity index (χ1) is 3.46. The molecule has 8 nitrogen and oxygen atoms in total. The molecule has 0 fully saturated rings. The Bertz CT molecular complexity index is 81.5. The molecule has 0 amide bonds. The van der Waals surface area contributed by atoms with E-state index >= 15 is 0 Å². The third-order valence-corrected chi connectivity index (χ3v) is 0. The van der Waals surface area contributed by atoms with Crippen LogP contribution in [0, 0.1) is 30.6 Å². The Balaban J connectivity index is -0.0000000112. The van der Waals surface area contributed by atoms with Crippen LogP contribution < -0.4 is 24.8 Å². The van der Waals surface area contributed by atoms with Crippen LogP contribution in [0.25, 0.3) is 0 Å². The molecule has 0 aromatic carbocycles. The summed E-state index contributed by atoms with van der Waals surface area (Å²) >= 11 is 0. The van der Waals surface area contributed by atoms with E-state index in [1.807, 2.05) is 0 Å². The van der Waals surface area contributed by atoms with Crippen molar-refractivity contribution in [2.24, 2.45) is 0 Å². The van der Waals surface area contributed by atoms with Gasteiger partial charge in [0.2, 0.25) is 0 Å². The SMILES string of the molecule is O=[N+]([O-])[O-].O=[N+]([O-])[O-].[Ca+2].[Cl-].[Cl-].[Mg+2]. The predicted octanol–water partition coefficient (Wildman–Crippen LogP) is -7.23. The van der Waals surface area contributed by atoms with Gasteiger partial charge in [-0.1, -0.05) is 0 Å². The van der Waals surface area contributed by atoms with Crippen LogP contribution in [0.2, 0.25) is 0 Å². The fourth-order valence-corrected chi connectivity index (χ4v) is 0. The zero-order valence-corrected chi connectivity index (χ0v) is 10.6. The Labute approximate surface area is 125 Å². The van der Waals surface area contributed by atoms with Gasteiger partial charge in [0, 0.05) is 0 Å². The Morgan fingerprint density at radius 3 is 0.750 bits per heavy atom. The van der Waals surface area contributed by atoms with E-state index in [9.17, 15) is 0 Å². The van der Waals surface area contributed by atoms with Gasteiger partial charge < -0.3 is 55.5 Å². The third-order valence-electron chi connectivity index (χ3n) is 0. The molecule has 0 radical (unpaired) electrons. The van der Waals surface area contributed by atoms with Gasteiger partial charge in [0.1, 0.15) is 0 Å². The van der Waals surface area contributed by atoms with Gasteiger partial charge in [-0.3, -0.25) is 0 Å². The summed E-state index contributed by atoms with van der Waals surface area (Å²) in [6, 6.07) is 0. The Morgan fingerprint density at radius 1 is 0.750 bits per heavy atom. The summed E-state index contributed by atoms with van der Waals surface area (Å²) in [6.45, 7) is 0. The average molecular weight is 259 g/mol. The molecule has 12 heavy (non-hydrogen) atoms. The zero-order chi connectivity index (χ0) is 7.15. The van der Waals surface area contributed by atoms with E-state index in [-0.39, 0.29) is 85.6 Å². The molecular weight excluding hydrogens is 259 g/mol. The van der Waals surface area contributed by atoms with Gasteiger partial charge in [0.25, 0.3) is 0 Å². The molecule has 0 N–H and O–H groups in total. The summed E-state index contributed by atoms with van der Waals surface area (Å²) in [4.78, 5) is 16.5. The van der Waals surface area contributed by atoms with E-state index in [1.54, 1.807) is 0 Å². The standard InChI is InChI=1S/Ca.2ClH.Mg.2NO3/c;;;;2*2-1(3)4/h;2*1H;;;/q+2;;;+2;2*-1/p-2. The molecule has 0 atom stereocenters. The second-order valence-electron chi connectivity index (χ2n) is 0.447. The van der Waals surface area contributed by atoms with Crippen LogP contribution in [0.1, 0.15) is 0 Å². The minimum Gasteiger partial charge on any atom is -1.00 e. The van der Waals surface area contributed by atoms with Crippen molar-refractivity contribution in [2.75, 3.05) is 0 Å². The molecule has 0 aliphatic rings. The maximum absolute atomic E-state index is 8.25. The number of nitrogens with zero attached hydrogens (tertiary/aromatic N) is 2. The second kappa shape index (κ2) is 29.6. The number of rotatable bonds is 0. The second-order valence-corrected chi connectivity index (χ2v) is 0.447. The van der Waals surface area contributed by atoms with Crippen LogP contribution in [0.4, 0.5) is 0 Å². The van der Waals surface area contributed by atoms with E-state index < -0.39 is 10.2 Å². The molecule has 0 aromatic rings. The molecule has 0 heterocycles. The van der Waals surface area contributed by atoms with Crippen molar-refractivity contribution >= 4 is 60.8 Å². The van der Waals surface area contributed by atoms with Crippen LogP contribution >= 0.6 is 0 Å². The largest absolute Gasteiger partial charge is 2.00 e. The van der Waals surface area contributed by atoms with Crippen molar-refractivity contribution < 1.29 is 35.0 Å². The van der Waals surface area contributed by atoms with Gasteiger partial charge in [0.05, 0.1) is 10.2 Å². The summed E-state index contributed by atoms with van der Waals surface area (Å²) in [6.07, 6.45) is 0. The van der Waals surface area contributed by atoms with E-state index in [1.165, 1.54) is 0 Å². The maximum atomic E-state index is 8.25. The zero-order valence-electron chi connectivity index (χ0n) is 5.51. The minimum absolute atomic E-state index is 0. The Hall–Kier alpha value is 1.01. The van der Waals surface area contributed by atoms with Crippen LogP contribution in [0.5, 0.6) is 0 Å². The molecule has 0 saturated heterocycles. The molecule has 0 saturated carbocycles. The summed E-state index contributed by atoms with van der Waals surface area (Å²) in [5.41, 5.74) is 0. The minimum atomic E-state index is -1.75. The van der Waals surface area contributed by atoms with E-state index in [2.05, 4.69) is 0 Å². The average Bonchev–Trinajstić information content (AvgIpc) is 1.25. The normalized spacial score (nSPS) is 4.00. The molecule has 0 aliphatic carbocycles. The number of hydrogen-bond acceptors (Lipinski definition) is 6. The van der Waals surface area contributed by atoms with E-state index in [4.69, 9.17) is 30.6 Å². The third kappa shape index (κ3) is 1090. The maximum Gasteiger partial charge on any atom is 2.00 e. The topological polar surface area (TPSA) is 132 Å². The summed E-state index contributed by atoms with van der Waals surface area (Å²) < 4.78 is 0. The molecule has 12 heteroatoms. The van der Waals surface area contributed by atoms with Gasteiger partial charge in [0.15, 0.2) is 0 Å². The molecule has 0 aliphatic heterocycles. The molecule has 0 bridgehead atoms. The molecule has 0 rings (SSSR count). The van der Waals surface area contributed by atoms with Crippen molar-refractivity contribution in [3.8, 4) is 0 Å². The van der Waals surface area contributed by atoms with Crippen LogP contribution in [-0.4, -0.2) is 71.0 Å². The molecular formula is CaCl2MgN2O6. The van der Waals surface area contributed by atoms with E-state index in [0.29, 0.717) is 0 Å². The smallest absolute Gasteiger partial charge is 1.00 e. The molecule has 0 spiro atoms. The predicted molar refractivity (Wildman–Crippen MR) is 32.2 cm³/mol. The van der Waals surface area contributed by atoms with Gasteiger partial charge in [-0.05, 0) is 0 Å². The van der Waals surface area contributed by atoms with Crippen molar-refractivity contribution in [2.45, 2.75) is 0 Å². The van der Waals surface area contributed by atoms with Crippen LogP contribution in [0.15, 0.2) is 0 Å². The van der Waals surface area contributed by atoms with Gasteiger partial charge in [-0.25, -0.2) is 0 Å². The van der Waals surface area contributed by atoms with Crippen LogP contribution in [0.3, 0.4) is 0 Å². The Kier molecular flexibility index (Phi) is 94.3. The monoisotopic (exact) mass is 258 g/mol. The molecule has 0 aromatic heterocycles. The fraction of sp³-hybridized carbons (Fsp3) is 0. The van der Waals surface area contributed by atoms with Gasteiger partial charge >= 0.3 is 60.8 Å². The fourth-order valence-electron chi connectivity index (χ4n) is 0. The molecule has 64 valence electrons. The van der Waals surface area contributed by atoms with Gasteiger partial charge in [-0.15, -0.1) is 0 Å². The first-order valence-electron chi connectivity index (χ1n) is 1.10. The van der Waals surface area contributed by atoms with Crippen molar-refractivity contribution in [1.29, 1.82) is 0 Å². The number of halogens is 2. The van der Waals surface area contributed by atoms with E-state index in [0.717, 1.165) is 0 Å².